The number of sulfonamides is 1. The highest BCUT2D eigenvalue weighted by atomic mass is 32.2. The van der Waals surface area contributed by atoms with Crippen molar-refractivity contribution in [1.82, 2.24) is 4.72 Å². The first-order valence-corrected chi connectivity index (χ1v) is 8.20. The quantitative estimate of drug-likeness (QED) is 0.789. The van der Waals surface area contributed by atoms with Gasteiger partial charge in [0, 0.05) is 11.7 Å². The van der Waals surface area contributed by atoms with Crippen molar-refractivity contribution in [2.45, 2.75) is 51.5 Å². The number of rotatable bonds is 6. The zero-order valence-corrected chi connectivity index (χ0v) is 12.9. The summed E-state index contributed by atoms with van der Waals surface area (Å²) < 4.78 is 27.6. The minimum atomic E-state index is -3.51. The Kier molecular flexibility index (Phi) is 5.38. The number of hydrogen-bond acceptors (Lipinski definition) is 3. The number of nitrogen functional groups attached to an aromatic ring is 1. The summed E-state index contributed by atoms with van der Waals surface area (Å²) in [4.78, 5) is 0.296. The van der Waals surface area contributed by atoms with Crippen LogP contribution in [0.2, 0.25) is 0 Å². The molecule has 2 unspecified atom stereocenters. The predicted molar refractivity (Wildman–Crippen MR) is 79.5 cm³/mol. The Labute approximate surface area is 116 Å². The van der Waals surface area contributed by atoms with Crippen molar-refractivity contribution in [1.29, 1.82) is 0 Å². The molecule has 1 aromatic rings. The Balaban J connectivity index is 3.10. The van der Waals surface area contributed by atoms with Gasteiger partial charge >= 0.3 is 0 Å². The first-order chi connectivity index (χ1) is 8.81. The normalized spacial score (nSPS) is 15.2. The molecule has 0 bridgehead atoms. The van der Waals surface area contributed by atoms with Crippen LogP contribution in [-0.4, -0.2) is 14.5 Å². The Morgan fingerprint density at radius 2 is 1.89 bits per heavy atom. The molecule has 0 amide bonds. The van der Waals surface area contributed by atoms with Gasteiger partial charge in [-0.15, -0.1) is 0 Å². The van der Waals surface area contributed by atoms with Crippen LogP contribution >= 0.6 is 0 Å². The minimum absolute atomic E-state index is 0.0962. The third-order valence-corrected chi connectivity index (χ3v) is 5.24. The zero-order valence-electron chi connectivity index (χ0n) is 12.1. The molecular weight excluding hydrogens is 260 g/mol. The number of benzene rings is 1. The lowest BCUT2D eigenvalue weighted by Gasteiger charge is -2.21. The van der Waals surface area contributed by atoms with Crippen molar-refractivity contribution >= 4 is 15.7 Å². The van der Waals surface area contributed by atoms with Gasteiger partial charge in [-0.25, -0.2) is 13.1 Å². The van der Waals surface area contributed by atoms with Crippen molar-refractivity contribution < 1.29 is 8.42 Å². The first kappa shape index (κ1) is 16.0. The van der Waals surface area contributed by atoms with Gasteiger partial charge < -0.3 is 5.73 Å². The van der Waals surface area contributed by atoms with Crippen molar-refractivity contribution in [3.05, 3.63) is 23.8 Å². The molecule has 0 heterocycles. The highest BCUT2D eigenvalue weighted by molar-refractivity contribution is 7.89. The van der Waals surface area contributed by atoms with E-state index < -0.39 is 10.0 Å². The van der Waals surface area contributed by atoms with E-state index in [0.29, 0.717) is 22.9 Å². The molecular formula is C14H24N2O2S. The molecule has 19 heavy (non-hydrogen) atoms. The Bertz CT molecular complexity index is 526. The second kappa shape index (κ2) is 6.39. The first-order valence-electron chi connectivity index (χ1n) is 6.72. The summed E-state index contributed by atoms with van der Waals surface area (Å²) in [5.41, 5.74) is 6.96. The molecule has 0 aliphatic carbocycles. The SMILES string of the molecule is CCc1ccc(N)cc1S(=O)(=O)NC(C)C(C)CC. The van der Waals surface area contributed by atoms with Gasteiger partial charge in [0.25, 0.3) is 0 Å². The summed E-state index contributed by atoms with van der Waals surface area (Å²) in [5.74, 6) is 0.293. The van der Waals surface area contributed by atoms with E-state index in [-0.39, 0.29) is 6.04 Å². The molecule has 0 radical (unpaired) electrons. The largest absolute Gasteiger partial charge is 0.399 e. The third kappa shape index (κ3) is 3.94. The lowest BCUT2D eigenvalue weighted by atomic mass is 10.0. The topological polar surface area (TPSA) is 72.2 Å². The van der Waals surface area contributed by atoms with Crippen molar-refractivity contribution in [2.75, 3.05) is 5.73 Å². The van der Waals surface area contributed by atoms with E-state index in [9.17, 15) is 8.42 Å². The maximum Gasteiger partial charge on any atom is 0.241 e. The van der Waals surface area contributed by atoms with E-state index in [0.717, 1.165) is 12.0 Å². The predicted octanol–water partition coefficient (Wildman–Crippen LogP) is 2.54. The van der Waals surface area contributed by atoms with Gasteiger partial charge in [-0.3, -0.25) is 0 Å². The van der Waals surface area contributed by atoms with Gasteiger partial charge in [0.2, 0.25) is 10.0 Å². The summed E-state index contributed by atoms with van der Waals surface area (Å²) in [6, 6.07) is 4.94. The van der Waals surface area contributed by atoms with E-state index in [1.54, 1.807) is 12.1 Å². The van der Waals surface area contributed by atoms with Crippen LogP contribution in [0.5, 0.6) is 0 Å². The summed E-state index contributed by atoms with van der Waals surface area (Å²) in [6.45, 7) is 7.91. The molecule has 4 nitrogen and oxygen atoms in total. The van der Waals surface area contributed by atoms with Gasteiger partial charge in [0.05, 0.1) is 4.90 Å². The molecule has 1 aromatic carbocycles. The molecule has 3 N–H and O–H groups in total. The lowest BCUT2D eigenvalue weighted by Crippen LogP contribution is -2.37. The fraction of sp³-hybridized carbons (Fsp3) is 0.571. The van der Waals surface area contributed by atoms with Gasteiger partial charge in [0.1, 0.15) is 0 Å². The van der Waals surface area contributed by atoms with Crippen LogP contribution in [0.4, 0.5) is 5.69 Å². The smallest absolute Gasteiger partial charge is 0.241 e. The van der Waals surface area contributed by atoms with Crippen molar-refractivity contribution in [2.24, 2.45) is 5.92 Å². The molecule has 1 rings (SSSR count). The fourth-order valence-electron chi connectivity index (χ4n) is 1.89. The van der Waals surface area contributed by atoms with Crippen LogP contribution < -0.4 is 10.5 Å². The monoisotopic (exact) mass is 284 g/mol. The van der Waals surface area contributed by atoms with E-state index in [2.05, 4.69) is 4.72 Å². The van der Waals surface area contributed by atoms with Gasteiger partial charge in [0.15, 0.2) is 0 Å². The molecule has 0 aliphatic heterocycles. The molecule has 5 heteroatoms. The van der Waals surface area contributed by atoms with E-state index in [1.807, 2.05) is 27.7 Å². The van der Waals surface area contributed by atoms with Crippen LogP contribution in [0.1, 0.15) is 39.7 Å². The Morgan fingerprint density at radius 1 is 1.26 bits per heavy atom. The van der Waals surface area contributed by atoms with Crippen LogP contribution in [0.25, 0.3) is 0 Å². The number of aryl methyl sites for hydroxylation is 1. The molecule has 0 saturated heterocycles. The van der Waals surface area contributed by atoms with Crippen LogP contribution in [0.3, 0.4) is 0 Å². The number of nitrogens with two attached hydrogens (primary N) is 1. The van der Waals surface area contributed by atoms with Gasteiger partial charge in [-0.05, 0) is 37.0 Å². The number of hydrogen-bond donors (Lipinski definition) is 2. The standard InChI is InChI=1S/C14H24N2O2S/c1-5-10(3)11(4)16-19(17,18)14-9-13(15)8-7-12(14)6-2/h7-11,16H,5-6,15H2,1-4H3. The lowest BCUT2D eigenvalue weighted by molar-refractivity contribution is 0.434. The molecule has 0 fully saturated rings. The average Bonchev–Trinajstić information content (AvgIpc) is 2.37. The van der Waals surface area contributed by atoms with Crippen LogP contribution in [0, 0.1) is 5.92 Å². The molecule has 0 aromatic heterocycles. The molecule has 0 aliphatic rings. The Hall–Kier alpha value is -1.07. The summed E-state index contributed by atoms with van der Waals surface area (Å²) >= 11 is 0. The fourth-order valence-corrected chi connectivity index (χ4v) is 3.59. The van der Waals surface area contributed by atoms with Crippen LogP contribution in [-0.2, 0) is 16.4 Å². The minimum Gasteiger partial charge on any atom is -0.399 e. The maximum atomic E-state index is 12.4. The molecule has 108 valence electrons. The highest BCUT2D eigenvalue weighted by Crippen LogP contribution is 2.21. The molecule has 0 spiro atoms. The number of nitrogens with one attached hydrogen (secondary N) is 1. The van der Waals surface area contributed by atoms with Crippen molar-refractivity contribution in [3.63, 3.8) is 0 Å². The maximum absolute atomic E-state index is 12.4. The van der Waals surface area contributed by atoms with Gasteiger partial charge in [-0.1, -0.05) is 33.3 Å². The summed E-state index contributed by atoms with van der Waals surface area (Å²) in [5, 5.41) is 0. The van der Waals surface area contributed by atoms with Gasteiger partial charge in [-0.2, -0.15) is 0 Å². The summed E-state index contributed by atoms with van der Waals surface area (Å²) in [6.07, 6.45) is 1.59. The molecule has 2 atom stereocenters. The van der Waals surface area contributed by atoms with Crippen molar-refractivity contribution in [3.8, 4) is 0 Å². The van der Waals surface area contributed by atoms with E-state index in [1.165, 1.54) is 6.07 Å². The Morgan fingerprint density at radius 3 is 2.42 bits per heavy atom. The van der Waals surface area contributed by atoms with E-state index in [4.69, 9.17) is 5.73 Å². The van der Waals surface area contributed by atoms with Crippen LogP contribution in [0.15, 0.2) is 23.1 Å². The second-order valence-corrected chi connectivity index (χ2v) is 6.70. The zero-order chi connectivity index (χ0) is 14.6. The molecule has 0 saturated carbocycles. The van der Waals surface area contributed by atoms with E-state index >= 15 is 0 Å². The number of anilines is 1. The average molecular weight is 284 g/mol. The second-order valence-electron chi connectivity index (χ2n) is 5.02. The summed E-state index contributed by atoms with van der Waals surface area (Å²) in [7, 11) is -3.51. The third-order valence-electron chi connectivity index (χ3n) is 3.60. The highest BCUT2D eigenvalue weighted by Gasteiger charge is 2.22.